The average molecular weight is 493 g/mol. The Bertz CT molecular complexity index is 1230. The molecule has 3 atom stereocenters. The molecule has 0 saturated carbocycles. The second kappa shape index (κ2) is 9.03. The average Bonchev–Trinajstić information content (AvgIpc) is 3.23. The predicted octanol–water partition coefficient (Wildman–Crippen LogP) is 3.48. The number of halogens is 3. The van der Waals surface area contributed by atoms with E-state index in [1.807, 2.05) is 4.90 Å². The normalized spacial score (nSPS) is 23.1. The number of aliphatic hydroxyl groups is 2. The quantitative estimate of drug-likeness (QED) is 0.381. The first-order chi connectivity index (χ1) is 16.3. The van der Waals surface area contributed by atoms with Gasteiger partial charge in [0.25, 0.3) is 0 Å². The largest absolute Gasteiger partial charge is 0.462 e. The SMILES string of the molecule is O=C(Nc1ccc(Cl)cc1F)NC1CN(c2cc(F)c(C3CCC(O)NC3O)c3ccoc23)C1. The maximum absolute atomic E-state index is 15.3. The lowest BCUT2D eigenvalue weighted by Gasteiger charge is -2.41. The van der Waals surface area contributed by atoms with Crippen molar-refractivity contribution in [2.24, 2.45) is 0 Å². The molecule has 11 heteroatoms. The third-order valence-corrected chi connectivity index (χ3v) is 6.55. The number of carbonyl (C=O) groups is 1. The van der Waals surface area contributed by atoms with Crippen molar-refractivity contribution < 1.29 is 28.2 Å². The topological polar surface area (TPSA) is 110 Å². The molecule has 8 nitrogen and oxygen atoms in total. The van der Waals surface area contributed by atoms with Crippen molar-refractivity contribution in [3.8, 4) is 0 Å². The summed E-state index contributed by atoms with van der Waals surface area (Å²) in [5.74, 6) is -1.64. The van der Waals surface area contributed by atoms with Gasteiger partial charge in [-0.3, -0.25) is 5.32 Å². The molecule has 2 amide bonds. The molecule has 0 aliphatic carbocycles. The van der Waals surface area contributed by atoms with Gasteiger partial charge in [-0.05, 0) is 37.1 Å². The second-order valence-electron chi connectivity index (χ2n) is 8.59. The van der Waals surface area contributed by atoms with E-state index in [0.29, 0.717) is 48.2 Å². The number of fused-ring (bicyclic) bond motifs is 1. The maximum Gasteiger partial charge on any atom is 0.319 e. The van der Waals surface area contributed by atoms with Gasteiger partial charge >= 0.3 is 6.03 Å². The number of anilines is 2. The molecule has 5 rings (SSSR count). The number of hydrogen-bond acceptors (Lipinski definition) is 6. The van der Waals surface area contributed by atoms with Crippen LogP contribution >= 0.6 is 11.6 Å². The zero-order chi connectivity index (χ0) is 24.0. The number of nitrogens with zero attached hydrogens (tertiary/aromatic N) is 1. The van der Waals surface area contributed by atoms with E-state index in [2.05, 4.69) is 16.0 Å². The fraction of sp³-hybridized carbons (Fsp3) is 0.348. The van der Waals surface area contributed by atoms with Gasteiger partial charge in [-0.15, -0.1) is 0 Å². The molecule has 3 unspecified atom stereocenters. The van der Waals surface area contributed by atoms with Crippen molar-refractivity contribution in [1.29, 1.82) is 0 Å². The van der Waals surface area contributed by atoms with Crippen LogP contribution in [0, 0.1) is 11.6 Å². The Morgan fingerprint density at radius 3 is 2.68 bits per heavy atom. The number of carbonyl (C=O) groups excluding carboxylic acids is 1. The van der Waals surface area contributed by atoms with E-state index in [9.17, 15) is 19.4 Å². The summed E-state index contributed by atoms with van der Waals surface area (Å²) in [6.45, 7) is 0.815. The summed E-state index contributed by atoms with van der Waals surface area (Å²) < 4.78 is 34.8. The number of amides is 2. The van der Waals surface area contributed by atoms with Gasteiger partial charge in [0.1, 0.15) is 24.1 Å². The lowest BCUT2D eigenvalue weighted by atomic mass is 9.86. The van der Waals surface area contributed by atoms with E-state index >= 15 is 4.39 Å². The molecular formula is C23H23ClF2N4O4. The van der Waals surface area contributed by atoms with Crippen molar-refractivity contribution >= 4 is 40.0 Å². The van der Waals surface area contributed by atoms with Gasteiger partial charge in [0.05, 0.1) is 23.7 Å². The number of piperidine rings is 1. The molecule has 0 radical (unpaired) electrons. The first-order valence-electron chi connectivity index (χ1n) is 10.9. The number of furan rings is 1. The molecule has 0 bridgehead atoms. The third-order valence-electron chi connectivity index (χ3n) is 6.31. The van der Waals surface area contributed by atoms with Crippen molar-refractivity contribution in [1.82, 2.24) is 10.6 Å². The van der Waals surface area contributed by atoms with Gasteiger partial charge in [0.2, 0.25) is 0 Å². The highest BCUT2D eigenvalue weighted by molar-refractivity contribution is 6.30. The fourth-order valence-corrected chi connectivity index (χ4v) is 4.78. The third kappa shape index (κ3) is 4.29. The van der Waals surface area contributed by atoms with Crippen LogP contribution in [0.25, 0.3) is 11.0 Å². The molecule has 2 aliphatic rings. The fourth-order valence-electron chi connectivity index (χ4n) is 4.62. The van der Waals surface area contributed by atoms with Gasteiger partial charge in [-0.25, -0.2) is 13.6 Å². The van der Waals surface area contributed by atoms with E-state index in [0.717, 1.165) is 6.07 Å². The van der Waals surface area contributed by atoms with Crippen molar-refractivity contribution in [2.45, 2.75) is 37.3 Å². The van der Waals surface area contributed by atoms with Crippen molar-refractivity contribution in [2.75, 3.05) is 23.3 Å². The minimum atomic E-state index is -1.08. The molecule has 0 spiro atoms. The molecule has 3 aromatic rings. The lowest BCUT2D eigenvalue weighted by Crippen LogP contribution is -2.60. The second-order valence-corrected chi connectivity index (χ2v) is 9.03. The van der Waals surface area contributed by atoms with Crippen LogP contribution in [0.2, 0.25) is 5.02 Å². The van der Waals surface area contributed by atoms with Gasteiger partial charge < -0.3 is 30.2 Å². The Morgan fingerprint density at radius 1 is 1.15 bits per heavy atom. The minimum absolute atomic E-state index is 0.0138. The van der Waals surface area contributed by atoms with Crippen LogP contribution in [0.15, 0.2) is 41.0 Å². The number of rotatable bonds is 4. The van der Waals surface area contributed by atoms with E-state index in [4.69, 9.17) is 16.0 Å². The first-order valence-corrected chi connectivity index (χ1v) is 11.3. The molecule has 3 heterocycles. The first kappa shape index (κ1) is 22.9. The number of nitrogens with one attached hydrogen (secondary N) is 3. The summed E-state index contributed by atoms with van der Waals surface area (Å²) in [5, 5.41) is 28.7. The smallest absolute Gasteiger partial charge is 0.319 e. The van der Waals surface area contributed by atoms with Gasteiger partial charge in [-0.2, -0.15) is 0 Å². The highest BCUT2D eigenvalue weighted by atomic mass is 35.5. The predicted molar refractivity (Wildman–Crippen MR) is 123 cm³/mol. The van der Waals surface area contributed by atoms with Crippen LogP contribution in [0.3, 0.4) is 0 Å². The van der Waals surface area contributed by atoms with Crippen LogP contribution in [0.1, 0.15) is 24.3 Å². The van der Waals surface area contributed by atoms with Crippen molar-refractivity contribution in [3.05, 3.63) is 58.8 Å². The Labute approximate surface area is 198 Å². The Balaban J connectivity index is 1.27. The summed E-state index contributed by atoms with van der Waals surface area (Å²) in [6, 6.07) is 6.21. The minimum Gasteiger partial charge on any atom is -0.462 e. The summed E-state index contributed by atoms with van der Waals surface area (Å²) >= 11 is 5.72. The lowest BCUT2D eigenvalue weighted by molar-refractivity contribution is -0.0104. The van der Waals surface area contributed by atoms with Crippen molar-refractivity contribution in [3.63, 3.8) is 0 Å². The summed E-state index contributed by atoms with van der Waals surface area (Å²) in [4.78, 5) is 14.1. The van der Waals surface area contributed by atoms with E-state index in [-0.39, 0.29) is 16.8 Å². The number of aliphatic hydroxyl groups excluding tert-OH is 2. The Kier molecular flexibility index (Phi) is 6.07. The molecule has 2 fully saturated rings. The van der Waals surface area contributed by atoms with Gasteiger partial charge in [-0.1, -0.05) is 11.6 Å². The van der Waals surface area contributed by atoms with E-state index in [1.54, 1.807) is 6.07 Å². The van der Waals surface area contributed by atoms with Crippen LogP contribution in [-0.4, -0.2) is 47.8 Å². The standard InChI is InChI=1S/C23H23ClF2N4O4/c24-11-1-3-17(15(25)7-11)28-23(33)27-12-9-30(10-12)18-8-16(26)20(13-5-6-34-21(13)18)14-2-4-19(31)29-22(14)32/h1,3,5-8,12,14,19,22,29,31-32H,2,4,9-10H2,(H2,27,28,33). The molecule has 5 N–H and O–H groups in total. The molecule has 2 saturated heterocycles. The molecular weight excluding hydrogens is 470 g/mol. The highest BCUT2D eigenvalue weighted by Crippen LogP contribution is 2.41. The Morgan fingerprint density at radius 2 is 1.94 bits per heavy atom. The Hall–Kier alpha value is -2.92. The summed E-state index contributed by atoms with van der Waals surface area (Å²) in [7, 11) is 0. The van der Waals surface area contributed by atoms with Gasteiger partial charge in [0, 0.05) is 41.0 Å². The highest BCUT2D eigenvalue weighted by Gasteiger charge is 2.35. The number of hydrogen-bond donors (Lipinski definition) is 5. The molecule has 2 aliphatic heterocycles. The molecule has 34 heavy (non-hydrogen) atoms. The van der Waals surface area contributed by atoms with Gasteiger partial charge in [0.15, 0.2) is 5.58 Å². The zero-order valence-corrected chi connectivity index (χ0v) is 18.6. The summed E-state index contributed by atoms with van der Waals surface area (Å²) in [5.41, 5.74) is 1.39. The summed E-state index contributed by atoms with van der Waals surface area (Å²) in [6.07, 6.45) is 0.378. The molecule has 1 aromatic heterocycles. The van der Waals surface area contributed by atoms with E-state index in [1.165, 1.54) is 24.5 Å². The van der Waals surface area contributed by atoms with E-state index < -0.39 is 36.0 Å². The van der Waals surface area contributed by atoms with Crippen LogP contribution in [-0.2, 0) is 0 Å². The van der Waals surface area contributed by atoms with Crippen LogP contribution < -0.4 is 20.9 Å². The molecule has 2 aromatic carbocycles. The zero-order valence-electron chi connectivity index (χ0n) is 17.9. The number of urea groups is 1. The monoisotopic (exact) mass is 492 g/mol. The van der Waals surface area contributed by atoms with Crippen LogP contribution in [0.5, 0.6) is 0 Å². The maximum atomic E-state index is 15.3. The molecule has 180 valence electrons. The number of benzene rings is 2. The van der Waals surface area contributed by atoms with Crippen LogP contribution in [0.4, 0.5) is 25.0 Å².